The molecule has 0 spiro atoms. The Kier molecular flexibility index (Phi) is 1.83. The zero-order chi connectivity index (χ0) is 11.1. The van der Waals surface area contributed by atoms with Crippen molar-refractivity contribution in [3.8, 4) is 0 Å². The summed E-state index contributed by atoms with van der Waals surface area (Å²) >= 11 is 0. The van der Waals surface area contributed by atoms with Crippen LogP contribution in [0, 0.1) is 6.92 Å². The molecule has 0 fully saturated rings. The standard InChI is InChI=1S/C14H12N2/c1-9-4-5-10-6-7-11-3-2-8-16-14(11)12(10)13(9)15/h2-8H,15H2,1H3. The van der Waals surface area contributed by atoms with E-state index in [-0.39, 0.29) is 0 Å². The van der Waals surface area contributed by atoms with Gasteiger partial charge in [-0.15, -0.1) is 0 Å². The van der Waals surface area contributed by atoms with Crippen LogP contribution in [0.25, 0.3) is 21.7 Å². The molecule has 0 radical (unpaired) electrons. The lowest BCUT2D eigenvalue weighted by Gasteiger charge is -2.08. The Hall–Kier alpha value is -2.09. The molecule has 0 amide bonds. The lowest BCUT2D eigenvalue weighted by molar-refractivity contribution is 1.42. The highest BCUT2D eigenvalue weighted by molar-refractivity contribution is 6.11. The second kappa shape index (κ2) is 3.20. The van der Waals surface area contributed by atoms with Gasteiger partial charge in [0, 0.05) is 22.7 Å². The van der Waals surface area contributed by atoms with Crippen molar-refractivity contribution in [1.29, 1.82) is 0 Å². The van der Waals surface area contributed by atoms with Gasteiger partial charge in [0.2, 0.25) is 0 Å². The van der Waals surface area contributed by atoms with Crippen LogP contribution in [0.15, 0.2) is 42.6 Å². The summed E-state index contributed by atoms with van der Waals surface area (Å²) in [6, 6.07) is 12.3. The molecule has 2 heteroatoms. The van der Waals surface area contributed by atoms with Crippen molar-refractivity contribution < 1.29 is 0 Å². The normalized spacial score (nSPS) is 11.1. The van der Waals surface area contributed by atoms with E-state index in [4.69, 9.17) is 5.73 Å². The Balaban J connectivity index is 2.63. The second-order valence-corrected chi connectivity index (χ2v) is 4.03. The largest absolute Gasteiger partial charge is 0.398 e. The maximum atomic E-state index is 6.14. The maximum absolute atomic E-state index is 6.14. The number of anilines is 1. The van der Waals surface area contributed by atoms with Crippen LogP contribution in [0.5, 0.6) is 0 Å². The minimum Gasteiger partial charge on any atom is -0.398 e. The first-order chi connectivity index (χ1) is 7.77. The Morgan fingerprint density at radius 2 is 1.75 bits per heavy atom. The van der Waals surface area contributed by atoms with Gasteiger partial charge < -0.3 is 5.73 Å². The van der Waals surface area contributed by atoms with E-state index in [2.05, 4.69) is 29.2 Å². The van der Waals surface area contributed by atoms with Gasteiger partial charge in [-0.1, -0.05) is 30.3 Å². The van der Waals surface area contributed by atoms with Gasteiger partial charge in [-0.3, -0.25) is 4.98 Å². The third kappa shape index (κ3) is 1.16. The Labute approximate surface area is 93.7 Å². The molecule has 0 aliphatic carbocycles. The molecule has 3 aromatic rings. The lowest BCUT2D eigenvalue weighted by Crippen LogP contribution is -1.92. The average Bonchev–Trinajstić information content (AvgIpc) is 2.33. The fourth-order valence-electron chi connectivity index (χ4n) is 2.08. The molecule has 78 valence electrons. The Morgan fingerprint density at radius 3 is 2.62 bits per heavy atom. The molecule has 0 bridgehead atoms. The van der Waals surface area contributed by atoms with E-state index in [9.17, 15) is 0 Å². The van der Waals surface area contributed by atoms with Gasteiger partial charge in [-0.25, -0.2) is 0 Å². The van der Waals surface area contributed by atoms with Crippen molar-refractivity contribution in [3.63, 3.8) is 0 Å². The predicted octanol–water partition coefficient (Wildman–Crippen LogP) is 3.28. The smallest absolute Gasteiger partial charge is 0.0801 e. The quantitative estimate of drug-likeness (QED) is 0.455. The number of fused-ring (bicyclic) bond motifs is 3. The number of nitrogen functional groups attached to an aromatic ring is 1. The van der Waals surface area contributed by atoms with E-state index >= 15 is 0 Å². The molecular formula is C14H12N2. The van der Waals surface area contributed by atoms with Gasteiger partial charge in [0.25, 0.3) is 0 Å². The first kappa shape index (κ1) is 9.16. The van der Waals surface area contributed by atoms with Crippen molar-refractivity contribution >= 4 is 27.4 Å². The summed E-state index contributed by atoms with van der Waals surface area (Å²) in [5, 5.41) is 3.35. The summed E-state index contributed by atoms with van der Waals surface area (Å²) in [7, 11) is 0. The molecule has 16 heavy (non-hydrogen) atoms. The van der Waals surface area contributed by atoms with Crippen molar-refractivity contribution in [2.75, 3.05) is 5.73 Å². The van der Waals surface area contributed by atoms with Crippen LogP contribution >= 0.6 is 0 Å². The Morgan fingerprint density at radius 1 is 1.00 bits per heavy atom. The van der Waals surface area contributed by atoms with Gasteiger partial charge in [0.1, 0.15) is 0 Å². The van der Waals surface area contributed by atoms with E-state index in [1.54, 1.807) is 0 Å². The summed E-state index contributed by atoms with van der Waals surface area (Å²) in [4.78, 5) is 4.43. The number of hydrogen-bond acceptors (Lipinski definition) is 2. The van der Waals surface area contributed by atoms with Crippen molar-refractivity contribution in [3.05, 3.63) is 48.2 Å². The molecule has 3 rings (SSSR count). The molecular weight excluding hydrogens is 196 g/mol. The maximum Gasteiger partial charge on any atom is 0.0801 e. The fourth-order valence-corrected chi connectivity index (χ4v) is 2.08. The molecule has 0 aliphatic rings. The molecule has 2 N–H and O–H groups in total. The summed E-state index contributed by atoms with van der Waals surface area (Å²) in [6.45, 7) is 2.02. The van der Waals surface area contributed by atoms with E-state index in [0.29, 0.717) is 0 Å². The predicted molar refractivity (Wildman–Crippen MR) is 68.4 cm³/mol. The average molecular weight is 208 g/mol. The zero-order valence-corrected chi connectivity index (χ0v) is 9.07. The number of benzene rings is 2. The van der Waals surface area contributed by atoms with E-state index in [1.807, 2.05) is 25.3 Å². The van der Waals surface area contributed by atoms with Gasteiger partial charge >= 0.3 is 0 Å². The van der Waals surface area contributed by atoms with Crippen LogP contribution in [0.1, 0.15) is 5.56 Å². The molecule has 0 atom stereocenters. The van der Waals surface area contributed by atoms with Crippen molar-refractivity contribution in [1.82, 2.24) is 4.98 Å². The highest BCUT2D eigenvalue weighted by atomic mass is 14.7. The van der Waals surface area contributed by atoms with Crippen molar-refractivity contribution in [2.45, 2.75) is 6.92 Å². The van der Waals surface area contributed by atoms with Gasteiger partial charge in [-0.05, 0) is 23.9 Å². The molecule has 0 saturated heterocycles. The van der Waals surface area contributed by atoms with Crippen LogP contribution in [-0.2, 0) is 0 Å². The minimum absolute atomic E-state index is 0.835. The van der Waals surface area contributed by atoms with Gasteiger partial charge in [0.05, 0.1) is 5.52 Å². The van der Waals surface area contributed by atoms with E-state index < -0.39 is 0 Å². The summed E-state index contributed by atoms with van der Waals surface area (Å²) in [5.74, 6) is 0. The third-order valence-electron chi connectivity index (χ3n) is 3.01. The van der Waals surface area contributed by atoms with Crippen LogP contribution in [0.3, 0.4) is 0 Å². The van der Waals surface area contributed by atoms with Crippen LogP contribution in [0.2, 0.25) is 0 Å². The molecule has 0 saturated carbocycles. The first-order valence-corrected chi connectivity index (χ1v) is 5.30. The lowest BCUT2D eigenvalue weighted by atomic mass is 10.0. The second-order valence-electron chi connectivity index (χ2n) is 4.03. The third-order valence-corrected chi connectivity index (χ3v) is 3.01. The number of hydrogen-bond donors (Lipinski definition) is 1. The van der Waals surface area contributed by atoms with E-state index in [0.717, 1.165) is 32.9 Å². The number of nitrogens with zero attached hydrogens (tertiary/aromatic N) is 1. The van der Waals surface area contributed by atoms with Gasteiger partial charge in [-0.2, -0.15) is 0 Å². The molecule has 0 unspecified atom stereocenters. The first-order valence-electron chi connectivity index (χ1n) is 5.30. The molecule has 1 aromatic heterocycles. The van der Waals surface area contributed by atoms with Crippen LogP contribution in [-0.4, -0.2) is 4.98 Å². The minimum atomic E-state index is 0.835. The highest BCUT2D eigenvalue weighted by Gasteiger charge is 2.06. The molecule has 2 nitrogen and oxygen atoms in total. The molecule has 0 aliphatic heterocycles. The topological polar surface area (TPSA) is 38.9 Å². The van der Waals surface area contributed by atoms with E-state index in [1.165, 1.54) is 0 Å². The summed E-state index contributed by atoms with van der Waals surface area (Å²) in [5.41, 5.74) is 9.07. The highest BCUT2D eigenvalue weighted by Crippen LogP contribution is 2.30. The number of aryl methyl sites for hydroxylation is 1. The van der Waals surface area contributed by atoms with Crippen molar-refractivity contribution in [2.24, 2.45) is 0 Å². The monoisotopic (exact) mass is 208 g/mol. The van der Waals surface area contributed by atoms with Crippen LogP contribution in [0.4, 0.5) is 5.69 Å². The number of pyridine rings is 1. The number of aromatic nitrogens is 1. The zero-order valence-electron chi connectivity index (χ0n) is 9.07. The van der Waals surface area contributed by atoms with Gasteiger partial charge in [0.15, 0.2) is 0 Å². The Bertz CT molecular complexity index is 687. The fraction of sp³-hybridized carbons (Fsp3) is 0.0714. The number of nitrogens with two attached hydrogens (primary N) is 1. The number of rotatable bonds is 0. The van der Waals surface area contributed by atoms with Crippen LogP contribution < -0.4 is 5.73 Å². The summed E-state index contributed by atoms with van der Waals surface area (Å²) in [6.07, 6.45) is 1.81. The molecule has 2 aromatic carbocycles. The molecule has 1 heterocycles. The summed E-state index contributed by atoms with van der Waals surface area (Å²) < 4.78 is 0. The SMILES string of the molecule is Cc1ccc2ccc3cccnc3c2c1N.